The lowest BCUT2D eigenvalue weighted by Crippen LogP contribution is -2.35. The molecule has 0 radical (unpaired) electrons. The maximum absolute atomic E-state index is 13.3. The Kier molecular flexibility index (Phi) is 4.83. The summed E-state index contributed by atoms with van der Waals surface area (Å²) in [7, 11) is 0. The maximum atomic E-state index is 13.3. The lowest BCUT2D eigenvalue weighted by Gasteiger charge is -2.43. The molecule has 0 unspecified atom stereocenters. The summed E-state index contributed by atoms with van der Waals surface area (Å²) in [4.78, 5) is 13.3. The summed E-state index contributed by atoms with van der Waals surface area (Å²) >= 11 is 0. The molecule has 0 spiro atoms. The minimum Gasteiger partial charge on any atom is -0.378 e. The molecular weight excluding hydrogens is 404 g/mol. The van der Waals surface area contributed by atoms with Crippen molar-refractivity contribution in [1.29, 1.82) is 0 Å². The molecule has 2 saturated carbocycles. The van der Waals surface area contributed by atoms with E-state index in [0.717, 1.165) is 34.2 Å². The van der Waals surface area contributed by atoms with Gasteiger partial charge in [0.15, 0.2) is 0 Å². The Morgan fingerprint density at radius 2 is 1.64 bits per heavy atom. The summed E-state index contributed by atoms with van der Waals surface area (Å²) in [6, 6.07) is 21.8. The second-order valence-corrected chi connectivity index (χ2v) is 10.5. The minimum absolute atomic E-state index is 0.0160. The molecule has 3 aromatic rings. The zero-order chi connectivity index (χ0) is 22.7. The van der Waals surface area contributed by atoms with E-state index in [1.165, 1.54) is 41.6 Å². The van der Waals surface area contributed by atoms with Crippen molar-refractivity contribution in [3.63, 3.8) is 0 Å². The van der Waals surface area contributed by atoms with E-state index < -0.39 is 0 Å². The van der Waals surface area contributed by atoms with Crippen molar-refractivity contribution in [2.75, 3.05) is 10.6 Å². The minimum atomic E-state index is -0.0160. The van der Waals surface area contributed by atoms with E-state index in [2.05, 4.69) is 86.0 Å². The number of hydrogen-bond donors (Lipinski definition) is 2. The molecule has 2 fully saturated rings. The Labute approximate surface area is 196 Å². The third kappa shape index (κ3) is 3.37. The third-order valence-corrected chi connectivity index (χ3v) is 8.42. The second-order valence-electron chi connectivity index (χ2n) is 10.5. The van der Waals surface area contributed by atoms with Gasteiger partial charge in [0.2, 0.25) is 0 Å². The van der Waals surface area contributed by atoms with Gasteiger partial charge in [-0.1, -0.05) is 48.0 Å². The van der Waals surface area contributed by atoms with Crippen molar-refractivity contribution >= 4 is 17.3 Å². The van der Waals surface area contributed by atoms with E-state index in [9.17, 15) is 4.79 Å². The van der Waals surface area contributed by atoms with Gasteiger partial charge in [0, 0.05) is 16.9 Å². The molecule has 1 aliphatic heterocycles. The average molecular weight is 437 g/mol. The third-order valence-electron chi connectivity index (χ3n) is 8.42. The standard InChI is InChI=1S/C30H32N2O/c1-17-13-18(2)28(19(3)14-17)32-30(33)23-11-12-25-24(16-23)26-21-9-10-22(15-21)27(26)29(31-25)20-7-5-4-6-8-20/h4-8,11-14,16,21-22,26-27,29,31H,9-10,15H2,1-3H3,(H,32,33)/t21-,22-,26-,27+,29-/m0/s1. The number of anilines is 2. The number of benzene rings is 3. The van der Waals surface area contributed by atoms with E-state index in [1.54, 1.807) is 0 Å². The normalized spacial score (nSPS) is 26.9. The van der Waals surface area contributed by atoms with Crippen LogP contribution in [0.5, 0.6) is 0 Å². The number of carbonyl (C=O) groups excluding carboxylic acids is 1. The second kappa shape index (κ2) is 7.76. The smallest absolute Gasteiger partial charge is 0.255 e. The fourth-order valence-electron chi connectivity index (χ4n) is 7.18. The van der Waals surface area contributed by atoms with Gasteiger partial charge >= 0.3 is 0 Å². The molecule has 3 nitrogen and oxygen atoms in total. The summed E-state index contributed by atoms with van der Waals surface area (Å²) in [5.74, 6) is 2.66. The molecule has 0 aromatic heterocycles. The van der Waals surface area contributed by atoms with Gasteiger partial charge in [-0.2, -0.15) is 0 Å². The predicted octanol–water partition coefficient (Wildman–Crippen LogP) is 7.16. The van der Waals surface area contributed by atoms with Crippen LogP contribution in [-0.2, 0) is 0 Å². The number of carbonyl (C=O) groups is 1. The summed E-state index contributed by atoms with van der Waals surface area (Å²) in [5, 5.41) is 7.08. The van der Waals surface area contributed by atoms with Crippen LogP contribution < -0.4 is 10.6 Å². The zero-order valence-corrected chi connectivity index (χ0v) is 19.7. The van der Waals surface area contributed by atoms with Gasteiger partial charge in [-0.25, -0.2) is 0 Å². The van der Waals surface area contributed by atoms with Crippen LogP contribution in [0.3, 0.4) is 0 Å². The largest absolute Gasteiger partial charge is 0.378 e. The molecule has 168 valence electrons. The van der Waals surface area contributed by atoms with Gasteiger partial charge in [-0.15, -0.1) is 0 Å². The molecule has 1 amide bonds. The molecule has 3 heteroatoms. The number of hydrogen-bond acceptors (Lipinski definition) is 2. The van der Waals surface area contributed by atoms with Crippen LogP contribution in [0.2, 0.25) is 0 Å². The monoisotopic (exact) mass is 436 g/mol. The van der Waals surface area contributed by atoms with Crippen molar-refractivity contribution in [2.24, 2.45) is 17.8 Å². The molecule has 2 aliphatic carbocycles. The van der Waals surface area contributed by atoms with E-state index in [-0.39, 0.29) is 5.91 Å². The SMILES string of the molecule is Cc1cc(C)c(NC(=O)c2ccc3c(c2)[C@@H]2[C@H]4CC[C@@H](C4)[C@H]2[C@H](c2ccccc2)N3)c(C)c1. The van der Waals surface area contributed by atoms with Crippen LogP contribution in [-0.4, -0.2) is 5.91 Å². The first-order chi connectivity index (χ1) is 16.0. The van der Waals surface area contributed by atoms with Gasteiger partial charge in [0.05, 0.1) is 6.04 Å². The summed E-state index contributed by atoms with van der Waals surface area (Å²) in [6.07, 6.45) is 4.00. The molecular formula is C30H32N2O. The van der Waals surface area contributed by atoms with E-state index >= 15 is 0 Å². The number of aryl methyl sites for hydroxylation is 3. The van der Waals surface area contributed by atoms with E-state index in [1.807, 2.05) is 6.07 Å². The van der Waals surface area contributed by atoms with Crippen LogP contribution in [0.25, 0.3) is 0 Å². The predicted molar refractivity (Wildman–Crippen MR) is 135 cm³/mol. The molecule has 6 rings (SSSR count). The molecule has 2 N–H and O–H groups in total. The molecule has 5 atom stereocenters. The fourth-order valence-corrected chi connectivity index (χ4v) is 7.18. The summed E-state index contributed by atoms with van der Waals surface area (Å²) < 4.78 is 0. The number of rotatable bonds is 3. The first kappa shape index (κ1) is 20.5. The van der Waals surface area contributed by atoms with Crippen molar-refractivity contribution in [1.82, 2.24) is 0 Å². The van der Waals surface area contributed by atoms with Gasteiger partial charge in [0.25, 0.3) is 5.91 Å². The van der Waals surface area contributed by atoms with Crippen LogP contribution in [0, 0.1) is 38.5 Å². The van der Waals surface area contributed by atoms with Crippen LogP contribution in [0.15, 0.2) is 60.7 Å². The first-order valence-corrected chi connectivity index (χ1v) is 12.3. The van der Waals surface area contributed by atoms with Crippen molar-refractivity contribution in [2.45, 2.75) is 52.0 Å². The van der Waals surface area contributed by atoms with Crippen LogP contribution >= 0.6 is 0 Å². The lowest BCUT2D eigenvalue weighted by molar-refractivity contribution is 0.102. The van der Waals surface area contributed by atoms with Gasteiger partial charge in [0.1, 0.15) is 0 Å². The highest BCUT2D eigenvalue weighted by Crippen LogP contribution is 2.63. The molecule has 2 bridgehead atoms. The van der Waals surface area contributed by atoms with Gasteiger partial charge in [-0.3, -0.25) is 4.79 Å². The van der Waals surface area contributed by atoms with Crippen molar-refractivity contribution in [3.05, 3.63) is 94.0 Å². The number of fused-ring (bicyclic) bond motifs is 7. The lowest BCUT2D eigenvalue weighted by atomic mass is 9.68. The highest BCUT2D eigenvalue weighted by atomic mass is 16.1. The molecule has 1 heterocycles. The molecule has 33 heavy (non-hydrogen) atoms. The first-order valence-electron chi connectivity index (χ1n) is 12.3. The van der Waals surface area contributed by atoms with Gasteiger partial charge in [-0.05, 0) is 104 Å². The average Bonchev–Trinajstić information content (AvgIpc) is 3.44. The molecule has 0 saturated heterocycles. The molecule has 3 aromatic carbocycles. The van der Waals surface area contributed by atoms with Crippen molar-refractivity contribution < 1.29 is 4.79 Å². The molecule has 3 aliphatic rings. The summed E-state index contributed by atoms with van der Waals surface area (Å²) in [6.45, 7) is 6.22. The van der Waals surface area contributed by atoms with Gasteiger partial charge < -0.3 is 10.6 Å². The topological polar surface area (TPSA) is 41.1 Å². The number of amides is 1. The summed E-state index contributed by atoms with van der Waals surface area (Å²) in [5.41, 5.74) is 9.08. The Morgan fingerprint density at radius 1 is 0.909 bits per heavy atom. The Bertz CT molecular complexity index is 1210. The van der Waals surface area contributed by atoms with Crippen molar-refractivity contribution in [3.8, 4) is 0 Å². The maximum Gasteiger partial charge on any atom is 0.255 e. The Morgan fingerprint density at radius 3 is 2.39 bits per heavy atom. The quantitative estimate of drug-likeness (QED) is 0.457. The van der Waals surface area contributed by atoms with Crippen LogP contribution in [0.4, 0.5) is 11.4 Å². The highest BCUT2D eigenvalue weighted by molar-refractivity contribution is 6.05. The Hall–Kier alpha value is -3.07. The van der Waals surface area contributed by atoms with E-state index in [0.29, 0.717) is 17.9 Å². The fraction of sp³-hybridized carbons (Fsp3) is 0.367. The Balaban J connectivity index is 1.35. The van der Waals surface area contributed by atoms with E-state index in [4.69, 9.17) is 0 Å². The number of nitrogens with one attached hydrogen (secondary N) is 2. The zero-order valence-electron chi connectivity index (χ0n) is 19.7. The van der Waals surface area contributed by atoms with Crippen LogP contribution in [0.1, 0.15) is 69.4 Å². The highest BCUT2D eigenvalue weighted by Gasteiger charge is 2.53.